The molecule has 0 aliphatic heterocycles. The zero-order valence-corrected chi connectivity index (χ0v) is 13.3. The molecular weight excluding hydrogens is 214 g/mol. The fourth-order valence-electron chi connectivity index (χ4n) is 2.48. The SMILES string of the molecule is CC(C)[CH2][Ga]([C](C)(C)C)[C](C)(C)C. The van der Waals surface area contributed by atoms with Crippen molar-refractivity contribution in [3.05, 3.63) is 0 Å². The van der Waals surface area contributed by atoms with E-state index < -0.39 is 16.2 Å². The Balaban J connectivity index is 4.58. The second-order valence-corrected chi connectivity index (χ2v) is 17.5. The second kappa shape index (κ2) is 4.44. The van der Waals surface area contributed by atoms with Gasteiger partial charge in [0, 0.05) is 0 Å². The maximum atomic E-state index is 2.45. The third-order valence-corrected chi connectivity index (χ3v) is 14.5. The molecule has 0 aromatic carbocycles. The molecule has 13 heavy (non-hydrogen) atoms. The van der Waals surface area contributed by atoms with E-state index in [4.69, 9.17) is 0 Å². The van der Waals surface area contributed by atoms with E-state index in [9.17, 15) is 0 Å². The van der Waals surface area contributed by atoms with Crippen LogP contribution >= 0.6 is 0 Å². The fourth-order valence-corrected chi connectivity index (χ4v) is 12.9. The first-order valence-corrected chi connectivity index (χ1v) is 9.68. The molecule has 0 rings (SSSR count). The summed E-state index contributed by atoms with van der Waals surface area (Å²) in [5, 5.41) is 0. The molecule has 0 bridgehead atoms. The molecule has 0 fully saturated rings. The molecule has 0 aliphatic rings. The van der Waals surface area contributed by atoms with Gasteiger partial charge in [-0.15, -0.1) is 0 Å². The maximum absolute atomic E-state index is 2.45. The summed E-state index contributed by atoms with van der Waals surface area (Å²) in [5.41, 5.74) is 0. The third-order valence-electron chi connectivity index (χ3n) is 2.80. The van der Waals surface area contributed by atoms with Crippen molar-refractivity contribution in [3.8, 4) is 0 Å². The van der Waals surface area contributed by atoms with E-state index in [1.165, 1.54) is 4.98 Å². The van der Waals surface area contributed by atoms with E-state index in [2.05, 4.69) is 55.4 Å². The van der Waals surface area contributed by atoms with Crippen molar-refractivity contribution in [1.29, 1.82) is 0 Å². The van der Waals surface area contributed by atoms with Crippen LogP contribution in [0.4, 0.5) is 0 Å². The minimum absolute atomic E-state index is 0.621. The first-order chi connectivity index (χ1) is 5.55. The Hall–Kier alpha value is 0.636. The quantitative estimate of drug-likeness (QED) is 0.612. The van der Waals surface area contributed by atoms with Crippen molar-refractivity contribution < 1.29 is 0 Å². The fraction of sp³-hybridized carbons (Fsp3) is 1.00. The van der Waals surface area contributed by atoms with Crippen molar-refractivity contribution in [3.63, 3.8) is 0 Å². The predicted octanol–water partition coefficient (Wildman–Crippen LogP) is 4.74. The number of rotatable bonds is 2. The molecule has 0 amide bonds. The van der Waals surface area contributed by atoms with Crippen LogP contribution in [0.1, 0.15) is 55.4 Å². The molecule has 0 aromatic heterocycles. The standard InChI is InChI=1S/3C4H9.Ga/c3*1-4(2)3;/h2*1-3H3;4H,1H2,2-3H3;. The first-order valence-electron chi connectivity index (χ1n) is 5.55. The van der Waals surface area contributed by atoms with Crippen LogP contribution in [-0.4, -0.2) is 16.2 Å². The molecular formula is C12H27Ga. The van der Waals surface area contributed by atoms with Crippen molar-refractivity contribution in [1.82, 2.24) is 0 Å². The van der Waals surface area contributed by atoms with Gasteiger partial charge in [-0.3, -0.25) is 0 Å². The molecule has 0 nitrogen and oxygen atoms in total. The van der Waals surface area contributed by atoms with Crippen LogP contribution in [0.25, 0.3) is 0 Å². The summed E-state index contributed by atoms with van der Waals surface area (Å²) in [4.78, 5) is 1.53. The van der Waals surface area contributed by atoms with Gasteiger partial charge in [-0.2, -0.15) is 0 Å². The Morgan fingerprint density at radius 2 is 1.15 bits per heavy atom. The summed E-state index contributed by atoms with van der Waals surface area (Å²) in [6.07, 6.45) is 0. The van der Waals surface area contributed by atoms with E-state index in [0.29, 0.717) is 7.94 Å². The average molecular weight is 241 g/mol. The van der Waals surface area contributed by atoms with Crippen molar-refractivity contribution in [2.24, 2.45) is 5.92 Å². The number of hydrogen-bond donors (Lipinski definition) is 0. The van der Waals surface area contributed by atoms with E-state index in [0.717, 1.165) is 5.92 Å². The van der Waals surface area contributed by atoms with Crippen LogP contribution in [0.15, 0.2) is 0 Å². The summed E-state index contributed by atoms with van der Waals surface area (Å²) >= 11 is -1.18. The molecule has 0 saturated heterocycles. The Labute approximate surface area is 90.5 Å². The van der Waals surface area contributed by atoms with Crippen LogP contribution in [0.3, 0.4) is 0 Å². The molecule has 0 aliphatic carbocycles. The van der Waals surface area contributed by atoms with E-state index in [1.54, 1.807) is 0 Å². The summed E-state index contributed by atoms with van der Waals surface area (Å²) in [7, 11) is 0. The summed E-state index contributed by atoms with van der Waals surface area (Å²) in [5.74, 6) is 0.892. The Morgan fingerprint density at radius 3 is 1.23 bits per heavy atom. The van der Waals surface area contributed by atoms with Crippen LogP contribution < -0.4 is 0 Å². The molecule has 0 saturated carbocycles. The minimum atomic E-state index is -1.18. The molecule has 0 heterocycles. The zero-order valence-electron chi connectivity index (χ0n) is 10.9. The zero-order chi connectivity index (χ0) is 10.9. The molecule has 0 N–H and O–H groups in total. The van der Waals surface area contributed by atoms with Gasteiger partial charge in [0.05, 0.1) is 0 Å². The molecule has 0 aromatic rings. The Bertz CT molecular complexity index is 131. The van der Waals surface area contributed by atoms with E-state index in [-0.39, 0.29) is 0 Å². The molecule has 0 spiro atoms. The summed E-state index contributed by atoms with van der Waals surface area (Å²) in [6, 6.07) is 0. The van der Waals surface area contributed by atoms with Crippen molar-refractivity contribution in [2.75, 3.05) is 0 Å². The van der Waals surface area contributed by atoms with E-state index >= 15 is 0 Å². The van der Waals surface area contributed by atoms with Gasteiger partial charge >= 0.3 is 90.4 Å². The summed E-state index contributed by atoms with van der Waals surface area (Å²) in [6.45, 7) is 19.4. The van der Waals surface area contributed by atoms with Crippen molar-refractivity contribution >= 4 is 16.2 Å². The van der Waals surface area contributed by atoms with Gasteiger partial charge in [0.2, 0.25) is 0 Å². The van der Waals surface area contributed by atoms with Gasteiger partial charge in [0.1, 0.15) is 0 Å². The Morgan fingerprint density at radius 1 is 0.846 bits per heavy atom. The monoisotopic (exact) mass is 240 g/mol. The molecule has 0 radical (unpaired) electrons. The second-order valence-electron chi connectivity index (χ2n) is 6.91. The summed E-state index contributed by atoms with van der Waals surface area (Å²) < 4.78 is 1.24. The van der Waals surface area contributed by atoms with Crippen LogP contribution in [-0.2, 0) is 0 Å². The third kappa shape index (κ3) is 5.17. The number of hydrogen-bond acceptors (Lipinski definition) is 0. The van der Waals surface area contributed by atoms with Gasteiger partial charge in [-0.1, -0.05) is 0 Å². The first kappa shape index (κ1) is 13.6. The van der Waals surface area contributed by atoms with Gasteiger partial charge in [0.25, 0.3) is 0 Å². The molecule has 0 unspecified atom stereocenters. The van der Waals surface area contributed by atoms with Crippen molar-refractivity contribution in [2.45, 2.75) is 68.3 Å². The Kier molecular flexibility index (Phi) is 4.65. The average Bonchev–Trinajstić information content (AvgIpc) is 1.77. The normalized spacial score (nSPS) is 13.6. The van der Waals surface area contributed by atoms with Crippen LogP contribution in [0.2, 0.25) is 12.9 Å². The molecule has 78 valence electrons. The molecule has 0 atom stereocenters. The van der Waals surface area contributed by atoms with Gasteiger partial charge < -0.3 is 0 Å². The van der Waals surface area contributed by atoms with E-state index in [1.807, 2.05) is 0 Å². The predicted molar refractivity (Wildman–Crippen MR) is 64.8 cm³/mol. The van der Waals surface area contributed by atoms with Gasteiger partial charge in [-0.05, 0) is 0 Å². The molecule has 1 heteroatoms. The van der Waals surface area contributed by atoms with Crippen LogP contribution in [0, 0.1) is 5.92 Å². The topological polar surface area (TPSA) is 0 Å². The van der Waals surface area contributed by atoms with Gasteiger partial charge in [0.15, 0.2) is 0 Å². The van der Waals surface area contributed by atoms with Crippen LogP contribution in [0.5, 0.6) is 0 Å². The van der Waals surface area contributed by atoms with Gasteiger partial charge in [-0.25, -0.2) is 0 Å².